The zero-order valence-electron chi connectivity index (χ0n) is 13.0. The van der Waals surface area contributed by atoms with Crippen LogP contribution in [0.5, 0.6) is 0 Å². The monoisotopic (exact) mass is 366 g/mol. The standard InChI is InChI=1S/C16H15FN2O3S2/c1-10(2)19-13-8-7-11(9-14(13)23-16(19)20)18-24(21,22)15-6-4-3-5-12(15)17/h3-10,18H,1-2H3. The predicted octanol–water partition coefficient (Wildman–Crippen LogP) is 3.58. The highest BCUT2D eigenvalue weighted by Gasteiger charge is 2.19. The molecule has 1 aromatic heterocycles. The predicted molar refractivity (Wildman–Crippen MR) is 93.7 cm³/mol. The van der Waals surface area contributed by atoms with Gasteiger partial charge in [-0.25, -0.2) is 12.8 Å². The van der Waals surface area contributed by atoms with E-state index in [9.17, 15) is 17.6 Å². The van der Waals surface area contributed by atoms with Gasteiger partial charge in [-0.1, -0.05) is 23.5 Å². The molecule has 2 aromatic carbocycles. The molecule has 0 aliphatic heterocycles. The maximum absolute atomic E-state index is 13.7. The molecule has 0 amide bonds. The van der Waals surface area contributed by atoms with Gasteiger partial charge in [0.15, 0.2) is 0 Å². The molecule has 0 bridgehead atoms. The number of nitrogens with zero attached hydrogens (tertiary/aromatic N) is 1. The fraction of sp³-hybridized carbons (Fsp3) is 0.188. The topological polar surface area (TPSA) is 68.2 Å². The first-order valence-corrected chi connectivity index (χ1v) is 9.52. The van der Waals surface area contributed by atoms with Crippen molar-refractivity contribution in [1.29, 1.82) is 0 Å². The molecular weight excluding hydrogens is 351 g/mol. The number of benzene rings is 2. The molecule has 5 nitrogen and oxygen atoms in total. The lowest BCUT2D eigenvalue weighted by Gasteiger charge is -2.10. The highest BCUT2D eigenvalue weighted by atomic mass is 32.2. The Morgan fingerprint density at radius 2 is 1.88 bits per heavy atom. The number of sulfonamides is 1. The Morgan fingerprint density at radius 3 is 2.54 bits per heavy atom. The quantitative estimate of drug-likeness (QED) is 0.767. The molecule has 0 aliphatic rings. The summed E-state index contributed by atoms with van der Waals surface area (Å²) in [6.45, 7) is 3.81. The van der Waals surface area contributed by atoms with Gasteiger partial charge >= 0.3 is 4.87 Å². The molecule has 3 aromatic rings. The molecule has 0 unspecified atom stereocenters. The Labute approximate surface area is 142 Å². The Bertz CT molecular complexity index is 1070. The molecule has 3 rings (SSSR count). The SMILES string of the molecule is CC(C)n1c(=O)sc2cc(NS(=O)(=O)c3ccccc3F)ccc21. The normalized spacial score (nSPS) is 12.0. The van der Waals surface area contributed by atoms with Crippen molar-refractivity contribution < 1.29 is 12.8 Å². The number of fused-ring (bicyclic) bond motifs is 1. The van der Waals surface area contributed by atoms with E-state index in [1.165, 1.54) is 18.2 Å². The molecule has 1 heterocycles. The smallest absolute Gasteiger partial charge is 0.296 e. The fourth-order valence-electron chi connectivity index (χ4n) is 2.46. The van der Waals surface area contributed by atoms with E-state index in [1.807, 2.05) is 13.8 Å². The number of nitrogens with one attached hydrogen (secondary N) is 1. The van der Waals surface area contributed by atoms with E-state index >= 15 is 0 Å². The molecule has 0 radical (unpaired) electrons. The summed E-state index contributed by atoms with van der Waals surface area (Å²) in [5.41, 5.74) is 1.02. The Morgan fingerprint density at radius 1 is 1.17 bits per heavy atom. The zero-order valence-corrected chi connectivity index (χ0v) is 14.6. The molecule has 24 heavy (non-hydrogen) atoms. The van der Waals surface area contributed by atoms with E-state index in [2.05, 4.69) is 4.72 Å². The Hall–Kier alpha value is -2.19. The van der Waals surface area contributed by atoms with Crippen molar-refractivity contribution in [3.8, 4) is 0 Å². The third-order valence-corrected chi connectivity index (χ3v) is 5.84. The van der Waals surface area contributed by atoms with Crippen LogP contribution >= 0.6 is 11.3 Å². The van der Waals surface area contributed by atoms with Crippen molar-refractivity contribution >= 4 is 37.3 Å². The number of anilines is 1. The molecule has 0 atom stereocenters. The van der Waals surface area contributed by atoms with Crippen LogP contribution in [-0.2, 0) is 10.0 Å². The number of halogens is 1. The van der Waals surface area contributed by atoms with Crippen LogP contribution in [0.25, 0.3) is 10.2 Å². The van der Waals surface area contributed by atoms with Gasteiger partial charge in [-0.05, 0) is 44.2 Å². The summed E-state index contributed by atoms with van der Waals surface area (Å²) in [5, 5.41) is 0. The van der Waals surface area contributed by atoms with Gasteiger partial charge in [-0.3, -0.25) is 14.1 Å². The summed E-state index contributed by atoms with van der Waals surface area (Å²) in [5.74, 6) is -0.818. The van der Waals surface area contributed by atoms with Gasteiger partial charge in [-0.15, -0.1) is 0 Å². The molecule has 0 aliphatic carbocycles. The number of hydrogen-bond acceptors (Lipinski definition) is 4. The molecule has 0 fully saturated rings. The van der Waals surface area contributed by atoms with Gasteiger partial charge in [-0.2, -0.15) is 0 Å². The Kier molecular flexibility index (Phi) is 4.18. The Balaban J connectivity index is 2.02. The average molecular weight is 366 g/mol. The maximum Gasteiger partial charge on any atom is 0.308 e. The van der Waals surface area contributed by atoms with Gasteiger partial charge in [0.2, 0.25) is 0 Å². The van der Waals surface area contributed by atoms with Gasteiger partial charge < -0.3 is 0 Å². The molecular formula is C16H15FN2O3S2. The highest BCUT2D eigenvalue weighted by molar-refractivity contribution is 7.92. The number of thiazole rings is 1. The fourth-order valence-corrected chi connectivity index (χ4v) is 4.64. The van der Waals surface area contributed by atoms with Crippen LogP contribution in [-0.4, -0.2) is 13.0 Å². The minimum absolute atomic E-state index is 0.00667. The summed E-state index contributed by atoms with van der Waals surface area (Å²) in [6, 6.07) is 10.0. The van der Waals surface area contributed by atoms with E-state index in [4.69, 9.17) is 0 Å². The van der Waals surface area contributed by atoms with E-state index in [0.717, 1.165) is 22.9 Å². The van der Waals surface area contributed by atoms with Crippen molar-refractivity contribution in [3.05, 3.63) is 57.9 Å². The van der Waals surface area contributed by atoms with Crippen molar-refractivity contribution in [2.24, 2.45) is 0 Å². The minimum atomic E-state index is -4.04. The maximum atomic E-state index is 13.7. The van der Waals surface area contributed by atoms with Gasteiger partial charge in [0.05, 0.1) is 15.9 Å². The highest BCUT2D eigenvalue weighted by Crippen LogP contribution is 2.26. The van der Waals surface area contributed by atoms with Crippen LogP contribution in [0.15, 0.2) is 52.2 Å². The van der Waals surface area contributed by atoms with E-state index in [1.54, 1.807) is 22.8 Å². The summed E-state index contributed by atoms with van der Waals surface area (Å²) < 4.78 is 43.0. The lowest BCUT2D eigenvalue weighted by molar-refractivity contribution is 0.570. The lowest BCUT2D eigenvalue weighted by atomic mass is 10.3. The number of aromatic nitrogens is 1. The summed E-state index contributed by atoms with van der Waals surface area (Å²) in [4.78, 5) is 11.5. The van der Waals surface area contributed by atoms with Crippen LogP contribution in [0, 0.1) is 5.82 Å². The first-order valence-electron chi connectivity index (χ1n) is 7.22. The largest absolute Gasteiger partial charge is 0.308 e. The third-order valence-electron chi connectivity index (χ3n) is 3.51. The van der Waals surface area contributed by atoms with Crippen LogP contribution < -0.4 is 9.60 Å². The second-order valence-electron chi connectivity index (χ2n) is 5.55. The van der Waals surface area contributed by atoms with Crippen molar-refractivity contribution in [2.75, 3.05) is 4.72 Å². The van der Waals surface area contributed by atoms with Crippen LogP contribution in [0.1, 0.15) is 19.9 Å². The van der Waals surface area contributed by atoms with E-state index in [-0.39, 0.29) is 16.6 Å². The number of hydrogen-bond donors (Lipinski definition) is 1. The second kappa shape index (κ2) is 6.03. The molecule has 1 N–H and O–H groups in total. The minimum Gasteiger partial charge on any atom is -0.296 e. The molecule has 0 spiro atoms. The second-order valence-corrected chi connectivity index (χ2v) is 8.19. The van der Waals surface area contributed by atoms with E-state index < -0.39 is 20.7 Å². The summed E-state index contributed by atoms with van der Waals surface area (Å²) >= 11 is 1.04. The van der Waals surface area contributed by atoms with Crippen molar-refractivity contribution in [3.63, 3.8) is 0 Å². The van der Waals surface area contributed by atoms with Crippen molar-refractivity contribution in [1.82, 2.24) is 4.57 Å². The average Bonchev–Trinajstić information content (AvgIpc) is 2.82. The molecule has 126 valence electrons. The first-order chi connectivity index (χ1) is 11.3. The van der Waals surface area contributed by atoms with Crippen LogP contribution in [0.4, 0.5) is 10.1 Å². The van der Waals surface area contributed by atoms with Crippen LogP contribution in [0.3, 0.4) is 0 Å². The van der Waals surface area contributed by atoms with Crippen molar-refractivity contribution in [2.45, 2.75) is 24.8 Å². The van der Waals surface area contributed by atoms with Gasteiger partial charge in [0.25, 0.3) is 10.0 Å². The molecule has 0 saturated carbocycles. The summed E-state index contributed by atoms with van der Waals surface area (Å²) in [7, 11) is -4.04. The molecule has 0 saturated heterocycles. The first kappa shape index (κ1) is 16.7. The zero-order chi connectivity index (χ0) is 17.5. The van der Waals surface area contributed by atoms with Gasteiger partial charge in [0, 0.05) is 6.04 Å². The van der Waals surface area contributed by atoms with Crippen LogP contribution in [0.2, 0.25) is 0 Å². The number of rotatable bonds is 4. The third kappa shape index (κ3) is 2.94. The van der Waals surface area contributed by atoms with E-state index in [0.29, 0.717) is 4.70 Å². The van der Waals surface area contributed by atoms with Gasteiger partial charge in [0.1, 0.15) is 10.7 Å². The molecule has 8 heteroatoms. The summed E-state index contributed by atoms with van der Waals surface area (Å²) in [6.07, 6.45) is 0. The lowest BCUT2D eigenvalue weighted by Crippen LogP contribution is -2.15.